The smallest absolute Gasteiger partial charge is 0.321 e. The zero-order chi connectivity index (χ0) is 30.7. The van der Waals surface area contributed by atoms with Crippen molar-refractivity contribution in [1.82, 2.24) is 5.32 Å². The third kappa shape index (κ3) is 4.52. The number of halogens is 1. The number of hydrogen-bond acceptors (Lipinski definition) is 8. The number of rotatable bonds is 7. The number of carbonyl (C=O) groups excluding carboxylic acids is 1. The van der Waals surface area contributed by atoms with Gasteiger partial charge in [-0.2, -0.15) is 0 Å². The number of carboxylic acids is 1. The van der Waals surface area contributed by atoms with Gasteiger partial charge in [-0.05, 0) is 56.6 Å². The maximum atomic E-state index is 13.1. The van der Waals surface area contributed by atoms with E-state index in [1.807, 2.05) is 26.8 Å². The van der Waals surface area contributed by atoms with E-state index in [1.54, 1.807) is 31.3 Å². The van der Waals surface area contributed by atoms with Gasteiger partial charge in [0, 0.05) is 36.8 Å². The van der Waals surface area contributed by atoms with E-state index in [4.69, 9.17) is 21.2 Å². The number of nitrogens with zero attached hydrogens (tertiary/aromatic N) is 1. The third-order valence-electron chi connectivity index (χ3n) is 10.1. The van der Waals surface area contributed by atoms with Gasteiger partial charge in [-0.15, -0.1) is 6.58 Å². The number of ether oxygens (including phenoxy) is 1. The molecule has 0 bridgehead atoms. The van der Waals surface area contributed by atoms with Gasteiger partial charge < -0.3 is 20.1 Å². The van der Waals surface area contributed by atoms with E-state index in [2.05, 4.69) is 18.5 Å². The number of fused-ring (bicyclic) bond motifs is 4. The molecule has 1 saturated carbocycles. The highest BCUT2D eigenvalue weighted by atomic mass is 35.5. The van der Waals surface area contributed by atoms with E-state index in [0.29, 0.717) is 34.7 Å². The molecule has 0 aromatic heterocycles. The van der Waals surface area contributed by atoms with Crippen molar-refractivity contribution < 1.29 is 34.5 Å². The van der Waals surface area contributed by atoms with Crippen LogP contribution in [0.1, 0.15) is 52.0 Å². The monoisotopic (exact) mass is 600 g/mol. The molecule has 0 radical (unpaired) electrons. The minimum atomic E-state index is -1.96. The van der Waals surface area contributed by atoms with Crippen molar-refractivity contribution in [2.75, 3.05) is 12.1 Å². The summed E-state index contributed by atoms with van der Waals surface area (Å²) < 4.78 is 6.13. The predicted octanol–water partition coefficient (Wildman–Crippen LogP) is 4.33. The summed E-state index contributed by atoms with van der Waals surface area (Å²) in [5, 5.41) is 41.2. The van der Waals surface area contributed by atoms with Crippen LogP contribution in [0, 0.1) is 29.6 Å². The van der Waals surface area contributed by atoms with Crippen LogP contribution >= 0.6 is 11.6 Å². The fourth-order valence-corrected chi connectivity index (χ4v) is 8.43. The maximum Gasteiger partial charge on any atom is 0.321 e. The van der Waals surface area contributed by atoms with Crippen LogP contribution in [-0.4, -0.2) is 58.3 Å². The van der Waals surface area contributed by atoms with Crippen molar-refractivity contribution in [3.63, 3.8) is 0 Å². The van der Waals surface area contributed by atoms with Crippen molar-refractivity contribution in [3.05, 3.63) is 65.2 Å². The maximum absolute atomic E-state index is 13.1. The number of carboxylic acid groups (broad SMARTS) is 1. The fourth-order valence-electron chi connectivity index (χ4n) is 8.14. The lowest BCUT2D eigenvalue weighted by Crippen LogP contribution is -2.67. The first-order valence-electron chi connectivity index (χ1n) is 14.6. The van der Waals surface area contributed by atoms with Gasteiger partial charge in [0.15, 0.2) is 6.23 Å². The van der Waals surface area contributed by atoms with Crippen LogP contribution < -0.4 is 10.4 Å². The number of aliphatic carboxylic acids is 1. The number of nitrogens with one attached hydrogen (secondary N) is 1. The summed E-state index contributed by atoms with van der Waals surface area (Å²) in [5.74, 6) is -4.77. The Labute approximate surface area is 251 Å². The SMILES string of the molecule is C=CCCC(=O)OC1C(C)=C[C@H]2[C@@H](C(=C)C)CC[C@@H](C)[C@]2(O)[C@H]1[C@H]1[C@@H](C(=O)O)N[C@@H]2ON(C)c3c(Cl)cccc3[C@]12O. The molecule has 2 heterocycles. The third-order valence-corrected chi connectivity index (χ3v) is 10.4. The zero-order valence-corrected chi connectivity index (χ0v) is 25.3. The van der Waals surface area contributed by atoms with Crippen LogP contribution in [0.5, 0.6) is 0 Å². The van der Waals surface area contributed by atoms with Crippen molar-refractivity contribution >= 4 is 29.2 Å². The Morgan fingerprint density at radius 1 is 1.29 bits per heavy atom. The Morgan fingerprint density at radius 3 is 2.64 bits per heavy atom. The van der Waals surface area contributed by atoms with Crippen LogP contribution in [0.25, 0.3) is 0 Å². The molecule has 4 N–H and O–H groups in total. The normalized spacial score (nSPS) is 38.9. The molecule has 1 aromatic rings. The molecule has 2 fully saturated rings. The molecule has 42 heavy (non-hydrogen) atoms. The topological polar surface area (TPSA) is 129 Å². The van der Waals surface area contributed by atoms with Crippen LogP contribution in [0.15, 0.2) is 54.7 Å². The number of anilines is 1. The summed E-state index contributed by atoms with van der Waals surface area (Å²) in [5.41, 5.74) is -1.14. The number of hydrogen-bond donors (Lipinski definition) is 4. The average Bonchev–Trinajstić information content (AvgIpc) is 3.22. The highest BCUT2D eigenvalue weighted by Gasteiger charge is 2.71. The summed E-state index contributed by atoms with van der Waals surface area (Å²) >= 11 is 6.59. The Kier molecular flexibility index (Phi) is 8.13. The number of para-hydroxylation sites is 1. The molecule has 4 aliphatic rings. The lowest BCUT2D eigenvalue weighted by atomic mass is 9.49. The molecule has 2 aliphatic carbocycles. The quantitative estimate of drug-likeness (QED) is 0.267. The Bertz CT molecular complexity index is 1330. The lowest BCUT2D eigenvalue weighted by Gasteiger charge is -2.59. The summed E-state index contributed by atoms with van der Waals surface area (Å²) in [6.45, 7) is 13.6. The van der Waals surface area contributed by atoms with E-state index in [0.717, 1.165) is 12.0 Å². The van der Waals surface area contributed by atoms with Gasteiger partial charge in [0.1, 0.15) is 17.7 Å². The number of carbonyl (C=O) groups is 2. The van der Waals surface area contributed by atoms with Gasteiger partial charge in [0.05, 0.1) is 16.3 Å². The molecule has 10 atom stereocenters. The van der Waals surface area contributed by atoms with Gasteiger partial charge >= 0.3 is 11.9 Å². The molecule has 9 nitrogen and oxygen atoms in total. The Balaban J connectivity index is 1.77. The van der Waals surface area contributed by atoms with Crippen molar-refractivity contribution in [2.45, 2.75) is 76.0 Å². The number of hydroxylamine groups is 1. The lowest BCUT2D eigenvalue weighted by molar-refractivity contribution is -0.223. The molecule has 1 aromatic carbocycles. The van der Waals surface area contributed by atoms with Crippen molar-refractivity contribution in [1.29, 1.82) is 0 Å². The molecular weight excluding hydrogens is 560 g/mol. The number of allylic oxidation sites excluding steroid dienone is 2. The fraction of sp³-hybridized carbons (Fsp3) is 0.562. The van der Waals surface area contributed by atoms with E-state index < -0.39 is 59.3 Å². The van der Waals surface area contributed by atoms with E-state index in [-0.39, 0.29) is 18.3 Å². The number of esters is 1. The number of benzene rings is 1. The first kappa shape index (κ1) is 30.8. The average molecular weight is 601 g/mol. The molecule has 5 rings (SSSR count). The summed E-state index contributed by atoms with van der Waals surface area (Å²) in [6, 6.07) is 3.70. The molecule has 1 saturated heterocycles. The molecule has 0 spiro atoms. The van der Waals surface area contributed by atoms with E-state index in [9.17, 15) is 24.9 Å². The van der Waals surface area contributed by atoms with Crippen molar-refractivity contribution in [3.8, 4) is 0 Å². The Hall–Kier alpha value is -2.69. The first-order chi connectivity index (χ1) is 19.8. The number of aliphatic hydroxyl groups is 2. The molecule has 1 unspecified atom stereocenters. The minimum Gasteiger partial charge on any atom is -0.480 e. The molecule has 228 valence electrons. The summed E-state index contributed by atoms with van der Waals surface area (Å²) in [4.78, 5) is 32.2. The second-order valence-electron chi connectivity index (χ2n) is 12.5. The first-order valence-corrected chi connectivity index (χ1v) is 14.9. The highest BCUT2D eigenvalue weighted by molar-refractivity contribution is 6.33. The summed E-state index contributed by atoms with van der Waals surface area (Å²) in [7, 11) is 1.64. The Morgan fingerprint density at radius 2 is 2.00 bits per heavy atom. The van der Waals surface area contributed by atoms with Crippen molar-refractivity contribution in [2.24, 2.45) is 29.6 Å². The molecular formula is C32H41ClN2O7. The largest absolute Gasteiger partial charge is 0.480 e. The summed E-state index contributed by atoms with van der Waals surface area (Å²) in [6.07, 6.45) is 3.33. The molecule has 10 heteroatoms. The second-order valence-corrected chi connectivity index (χ2v) is 12.9. The highest BCUT2D eigenvalue weighted by Crippen LogP contribution is 2.61. The van der Waals surface area contributed by atoms with Gasteiger partial charge in [-0.1, -0.05) is 55.0 Å². The predicted molar refractivity (Wildman–Crippen MR) is 158 cm³/mol. The van der Waals surface area contributed by atoms with Crippen LogP contribution in [0.4, 0.5) is 5.69 Å². The van der Waals surface area contributed by atoms with Gasteiger partial charge in [-0.3, -0.25) is 24.8 Å². The zero-order valence-electron chi connectivity index (χ0n) is 24.5. The van der Waals surface area contributed by atoms with E-state index >= 15 is 0 Å². The van der Waals surface area contributed by atoms with Gasteiger partial charge in [0.2, 0.25) is 0 Å². The van der Waals surface area contributed by atoms with Gasteiger partial charge in [-0.25, -0.2) is 0 Å². The van der Waals surface area contributed by atoms with Crippen LogP contribution in [0.3, 0.4) is 0 Å². The van der Waals surface area contributed by atoms with Crippen LogP contribution in [-0.2, 0) is 24.8 Å². The minimum absolute atomic E-state index is 0.0797. The molecule has 2 aliphatic heterocycles. The van der Waals surface area contributed by atoms with E-state index in [1.165, 1.54) is 5.06 Å². The van der Waals surface area contributed by atoms with Crippen LogP contribution in [0.2, 0.25) is 5.02 Å². The second kappa shape index (κ2) is 11.1. The van der Waals surface area contributed by atoms with Gasteiger partial charge in [0.25, 0.3) is 0 Å². The molecule has 0 amide bonds. The standard InChI is InChI=1S/C32H41ClN2O7/c1-7-8-12-23(36)41-28-17(4)15-21-19(16(2)3)14-13-18(5)31(21,39)25(28)24-26(29(37)38)34-30-32(24,40)20-10-9-11-22(33)27(20)35(6)42-30/h7,9-11,15,18-19,21,24-26,28,30,34,39-40H,1-2,8,12-14H2,3-6H3,(H,37,38)/t18-,19-,21+,24+,25+,26+,28?,30-,31-,32+/m1/s1.